The summed E-state index contributed by atoms with van der Waals surface area (Å²) in [5, 5.41) is 10.3. The lowest BCUT2D eigenvalue weighted by molar-refractivity contribution is 0.0646. The van der Waals surface area contributed by atoms with E-state index in [-0.39, 0.29) is 6.10 Å². The van der Waals surface area contributed by atoms with Gasteiger partial charge < -0.3 is 15.4 Å². The molecule has 0 aliphatic carbocycles. The first kappa shape index (κ1) is 23.7. The van der Waals surface area contributed by atoms with Crippen LogP contribution in [0.4, 0.5) is 0 Å². The molecule has 1 atom stereocenters. The standard InChI is InChI=1S/C24H37N5OS/c1-19(22-8-5-4-6-9-22)30-15-7-12-26-24(25-3)27-16-21-10-13-29(14-11-21)17-23-18-31-20(2)28-23/h4-6,8-9,18-19,21H,7,10-17H2,1-3H3,(H2,25,26,27). The second-order valence-corrected chi connectivity index (χ2v) is 9.30. The van der Waals surface area contributed by atoms with Crippen molar-refractivity contribution in [2.45, 2.75) is 45.8 Å². The number of piperidine rings is 1. The molecule has 7 heteroatoms. The Morgan fingerprint density at radius 3 is 2.71 bits per heavy atom. The maximum Gasteiger partial charge on any atom is 0.190 e. The van der Waals surface area contributed by atoms with E-state index < -0.39 is 0 Å². The maximum absolute atomic E-state index is 5.94. The minimum Gasteiger partial charge on any atom is -0.374 e. The number of rotatable bonds is 10. The average Bonchev–Trinajstić information content (AvgIpc) is 3.21. The largest absolute Gasteiger partial charge is 0.374 e. The lowest BCUT2D eigenvalue weighted by atomic mass is 9.97. The molecule has 1 aromatic carbocycles. The number of guanidine groups is 1. The van der Waals surface area contributed by atoms with Crippen LogP contribution in [-0.2, 0) is 11.3 Å². The molecule has 3 rings (SSSR count). The van der Waals surface area contributed by atoms with Gasteiger partial charge in [0, 0.05) is 38.7 Å². The van der Waals surface area contributed by atoms with Crippen molar-refractivity contribution in [2.75, 3.05) is 39.8 Å². The van der Waals surface area contributed by atoms with Gasteiger partial charge in [-0.2, -0.15) is 0 Å². The zero-order valence-electron chi connectivity index (χ0n) is 19.1. The number of thiazole rings is 1. The van der Waals surface area contributed by atoms with Crippen molar-refractivity contribution in [3.8, 4) is 0 Å². The Bertz CT molecular complexity index is 786. The number of aromatic nitrogens is 1. The van der Waals surface area contributed by atoms with Crippen molar-refractivity contribution >= 4 is 17.3 Å². The van der Waals surface area contributed by atoms with E-state index in [4.69, 9.17) is 4.74 Å². The minimum absolute atomic E-state index is 0.129. The van der Waals surface area contributed by atoms with E-state index in [0.717, 1.165) is 56.7 Å². The highest BCUT2D eigenvalue weighted by Crippen LogP contribution is 2.19. The Morgan fingerprint density at radius 2 is 2.03 bits per heavy atom. The number of nitrogens with one attached hydrogen (secondary N) is 2. The van der Waals surface area contributed by atoms with E-state index >= 15 is 0 Å². The van der Waals surface area contributed by atoms with Gasteiger partial charge in [0.15, 0.2) is 5.96 Å². The first-order valence-electron chi connectivity index (χ1n) is 11.4. The van der Waals surface area contributed by atoms with Crippen LogP contribution in [-0.4, -0.2) is 55.7 Å². The van der Waals surface area contributed by atoms with Crippen LogP contribution >= 0.6 is 11.3 Å². The molecule has 1 aliphatic rings. The van der Waals surface area contributed by atoms with Crippen LogP contribution in [0.2, 0.25) is 0 Å². The highest BCUT2D eigenvalue weighted by molar-refractivity contribution is 7.09. The predicted molar refractivity (Wildman–Crippen MR) is 130 cm³/mol. The van der Waals surface area contributed by atoms with E-state index in [9.17, 15) is 0 Å². The molecule has 2 heterocycles. The second-order valence-electron chi connectivity index (χ2n) is 8.23. The normalized spacial score (nSPS) is 16.9. The van der Waals surface area contributed by atoms with Crippen LogP contribution in [0, 0.1) is 12.8 Å². The molecule has 0 spiro atoms. The Labute approximate surface area is 191 Å². The lowest BCUT2D eigenvalue weighted by Gasteiger charge is -2.31. The van der Waals surface area contributed by atoms with Crippen molar-refractivity contribution in [3.63, 3.8) is 0 Å². The van der Waals surface area contributed by atoms with Crippen LogP contribution in [0.25, 0.3) is 0 Å². The van der Waals surface area contributed by atoms with Crippen molar-refractivity contribution < 1.29 is 4.74 Å². The van der Waals surface area contributed by atoms with Gasteiger partial charge in [0.2, 0.25) is 0 Å². The molecule has 0 amide bonds. The van der Waals surface area contributed by atoms with Crippen LogP contribution < -0.4 is 10.6 Å². The maximum atomic E-state index is 5.94. The molecule has 1 unspecified atom stereocenters. The zero-order chi connectivity index (χ0) is 21.9. The van der Waals surface area contributed by atoms with E-state index in [1.807, 2.05) is 13.1 Å². The van der Waals surface area contributed by atoms with E-state index in [0.29, 0.717) is 5.92 Å². The number of benzene rings is 1. The summed E-state index contributed by atoms with van der Waals surface area (Å²) in [7, 11) is 1.84. The molecule has 1 aliphatic heterocycles. The van der Waals surface area contributed by atoms with E-state index in [2.05, 4.69) is 69.0 Å². The Balaban J connectivity index is 1.25. The van der Waals surface area contributed by atoms with Crippen LogP contribution in [0.3, 0.4) is 0 Å². The quantitative estimate of drug-likeness (QED) is 0.330. The molecule has 1 fully saturated rings. The number of likely N-dealkylation sites (tertiary alicyclic amines) is 1. The number of hydrogen-bond acceptors (Lipinski definition) is 5. The fraction of sp³-hybridized carbons (Fsp3) is 0.583. The third kappa shape index (κ3) is 8.24. The minimum atomic E-state index is 0.129. The third-order valence-corrected chi connectivity index (χ3v) is 6.61. The summed E-state index contributed by atoms with van der Waals surface area (Å²) in [5.41, 5.74) is 2.44. The summed E-state index contributed by atoms with van der Waals surface area (Å²) in [6, 6.07) is 10.4. The zero-order valence-corrected chi connectivity index (χ0v) is 20.0. The van der Waals surface area contributed by atoms with Gasteiger partial charge in [-0.1, -0.05) is 30.3 Å². The van der Waals surface area contributed by atoms with Gasteiger partial charge in [-0.25, -0.2) is 4.98 Å². The molecule has 31 heavy (non-hydrogen) atoms. The molecular weight excluding hydrogens is 406 g/mol. The van der Waals surface area contributed by atoms with Crippen molar-refractivity contribution in [3.05, 3.63) is 52.0 Å². The molecule has 1 aromatic heterocycles. The Morgan fingerprint density at radius 1 is 1.26 bits per heavy atom. The van der Waals surface area contributed by atoms with E-state index in [1.54, 1.807) is 11.3 Å². The molecule has 6 nitrogen and oxygen atoms in total. The number of aryl methyl sites for hydroxylation is 1. The number of nitrogens with zero attached hydrogens (tertiary/aromatic N) is 3. The van der Waals surface area contributed by atoms with Crippen molar-refractivity contribution in [1.29, 1.82) is 0 Å². The summed E-state index contributed by atoms with van der Waals surface area (Å²) >= 11 is 1.74. The van der Waals surface area contributed by atoms with E-state index in [1.165, 1.54) is 24.1 Å². The summed E-state index contributed by atoms with van der Waals surface area (Å²) < 4.78 is 5.94. The third-order valence-electron chi connectivity index (χ3n) is 5.79. The average molecular weight is 444 g/mol. The van der Waals surface area contributed by atoms with Gasteiger partial charge in [-0.3, -0.25) is 9.89 Å². The fourth-order valence-corrected chi connectivity index (χ4v) is 4.48. The molecule has 170 valence electrons. The van der Waals surface area contributed by atoms with Crippen LogP contribution in [0.15, 0.2) is 40.7 Å². The molecule has 2 aromatic rings. The smallest absolute Gasteiger partial charge is 0.190 e. The molecule has 0 bridgehead atoms. The monoisotopic (exact) mass is 443 g/mol. The molecule has 0 saturated carbocycles. The summed E-state index contributed by atoms with van der Waals surface area (Å²) in [6.45, 7) is 10.0. The molecule has 2 N–H and O–H groups in total. The van der Waals surface area contributed by atoms with Gasteiger partial charge in [-0.15, -0.1) is 11.3 Å². The summed E-state index contributed by atoms with van der Waals surface area (Å²) in [5.74, 6) is 1.58. The summed E-state index contributed by atoms with van der Waals surface area (Å²) in [6.07, 6.45) is 3.52. The molecular formula is C24H37N5OS. The molecule has 1 saturated heterocycles. The fourth-order valence-electron chi connectivity index (χ4n) is 3.88. The number of ether oxygens (including phenoxy) is 1. The summed E-state index contributed by atoms with van der Waals surface area (Å²) in [4.78, 5) is 11.5. The first-order valence-corrected chi connectivity index (χ1v) is 12.3. The topological polar surface area (TPSA) is 61.8 Å². The Kier molecular flexibility index (Phi) is 9.78. The van der Waals surface area contributed by atoms with Crippen LogP contribution in [0.5, 0.6) is 0 Å². The van der Waals surface area contributed by atoms with Gasteiger partial charge >= 0.3 is 0 Å². The predicted octanol–water partition coefficient (Wildman–Crippen LogP) is 4.00. The van der Waals surface area contributed by atoms with Gasteiger partial charge in [0.1, 0.15) is 0 Å². The SMILES string of the molecule is CN=C(NCCCOC(C)c1ccccc1)NCC1CCN(Cc2csc(C)n2)CC1. The number of aliphatic imine (C=N–C) groups is 1. The lowest BCUT2D eigenvalue weighted by Crippen LogP contribution is -2.43. The van der Waals surface area contributed by atoms with Crippen LogP contribution in [0.1, 0.15) is 48.6 Å². The highest BCUT2D eigenvalue weighted by atomic mass is 32.1. The molecule has 0 radical (unpaired) electrons. The van der Waals surface area contributed by atoms with Gasteiger partial charge in [0.05, 0.1) is 16.8 Å². The Hall–Kier alpha value is -1.96. The van der Waals surface area contributed by atoms with Crippen molar-refractivity contribution in [2.24, 2.45) is 10.9 Å². The van der Waals surface area contributed by atoms with Gasteiger partial charge in [-0.05, 0) is 57.7 Å². The first-order chi connectivity index (χ1) is 15.1. The highest BCUT2D eigenvalue weighted by Gasteiger charge is 2.20. The number of hydrogen-bond donors (Lipinski definition) is 2. The van der Waals surface area contributed by atoms with Gasteiger partial charge in [0.25, 0.3) is 0 Å². The van der Waals surface area contributed by atoms with Crippen molar-refractivity contribution in [1.82, 2.24) is 20.5 Å². The second kappa shape index (κ2) is 12.8.